The Balaban J connectivity index is 1.78. The Labute approximate surface area is 245 Å². The Morgan fingerprint density at radius 3 is 2.33 bits per heavy atom. The molecule has 13 nitrogen and oxygen atoms in total. The monoisotopic (exact) mass is 626 g/mol. The molecule has 0 atom stereocenters. The molecule has 0 aliphatic heterocycles. The zero-order chi connectivity index (χ0) is 31.9. The number of halogens is 3. The molecule has 0 aliphatic rings. The quantitative estimate of drug-likeness (QED) is 0.0780. The number of ether oxygens (including phenoxy) is 1. The van der Waals surface area contributed by atoms with E-state index in [0.29, 0.717) is 5.56 Å². The van der Waals surface area contributed by atoms with Crippen molar-refractivity contribution in [3.05, 3.63) is 71.1 Å². The largest absolute Gasteiger partial charge is 0.569 e. The lowest BCUT2D eigenvalue weighted by atomic mass is 10.1. The van der Waals surface area contributed by atoms with Crippen LogP contribution < -0.4 is 4.72 Å². The summed E-state index contributed by atoms with van der Waals surface area (Å²) in [6.45, 7) is 5.06. The van der Waals surface area contributed by atoms with Crippen molar-refractivity contribution in [2.45, 2.75) is 51.2 Å². The summed E-state index contributed by atoms with van der Waals surface area (Å²) in [5, 5.41) is 19.9. The van der Waals surface area contributed by atoms with Gasteiger partial charge in [0.2, 0.25) is 5.28 Å². The second-order valence-electron chi connectivity index (χ2n) is 9.36. The number of amides is 1. The van der Waals surface area contributed by atoms with Crippen molar-refractivity contribution >= 4 is 21.9 Å². The van der Waals surface area contributed by atoms with Gasteiger partial charge in [0, 0.05) is 12.0 Å². The maximum absolute atomic E-state index is 13.5. The number of alkyl halides is 3. The smallest absolute Gasteiger partial charge is 0.435 e. The van der Waals surface area contributed by atoms with Gasteiger partial charge in [-0.1, -0.05) is 36.8 Å². The summed E-state index contributed by atoms with van der Waals surface area (Å²) in [5.74, 6) is -1.68. The van der Waals surface area contributed by atoms with E-state index in [4.69, 9.17) is 0 Å². The molecule has 3 aromatic rings. The van der Waals surface area contributed by atoms with Gasteiger partial charge in [-0.2, -0.15) is 18.3 Å². The molecule has 0 unspecified atom stereocenters. The number of hydrazine groups is 1. The van der Waals surface area contributed by atoms with Crippen LogP contribution in [0, 0.1) is 12.1 Å². The number of hydrogen-bond acceptors (Lipinski definition) is 9. The van der Waals surface area contributed by atoms with Gasteiger partial charge in [-0.15, -0.1) is 5.01 Å². The lowest BCUT2D eigenvalue weighted by molar-refractivity contribution is -0.715. The summed E-state index contributed by atoms with van der Waals surface area (Å²) < 4.78 is 73.6. The highest BCUT2D eigenvalue weighted by atomic mass is 32.2. The minimum absolute atomic E-state index is 0.0800. The number of aryl methyl sites for hydroxylation is 1. The first-order chi connectivity index (χ1) is 20.1. The number of rotatable bonds is 12. The van der Waals surface area contributed by atoms with Gasteiger partial charge in [-0.25, -0.2) is 17.8 Å². The number of carbonyl (C=O) groups is 2. The first-order valence-electron chi connectivity index (χ1n) is 12.7. The fourth-order valence-electron chi connectivity index (χ4n) is 3.56. The molecule has 17 heteroatoms. The van der Waals surface area contributed by atoms with E-state index in [1.807, 2.05) is 11.6 Å². The number of hydrogen-bond donors (Lipinski definition) is 1. The van der Waals surface area contributed by atoms with Crippen LogP contribution in [0.3, 0.4) is 0 Å². The Kier molecular flexibility index (Phi) is 10.3. The average Bonchev–Trinajstić information content (AvgIpc) is 3.40. The standard InChI is InChI=1S/C26H29F3N6O7S/c1-5-25(37)41-16-42-32-35(38)33(17(2)3)15-24(36)31-43(39,40)21-12-10-20(11-13-21)34-22(14-23(30-34)26(27,28)29)19-8-6-18(4)7-9-19/h6-14,17H,5,15-16H2,1-4H3,(H,31,36)/b35-32-. The fraction of sp³-hybridized carbons (Fsp3) is 0.346. The third kappa shape index (κ3) is 8.67. The van der Waals surface area contributed by atoms with Gasteiger partial charge in [0.25, 0.3) is 22.7 Å². The molecular weight excluding hydrogens is 597 g/mol. The minimum Gasteiger partial charge on any atom is -0.569 e. The maximum atomic E-state index is 13.5. The zero-order valence-electron chi connectivity index (χ0n) is 23.5. The molecule has 0 bridgehead atoms. The van der Waals surface area contributed by atoms with Crippen LogP contribution in [0.4, 0.5) is 13.2 Å². The molecule has 1 aromatic heterocycles. The first kappa shape index (κ1) is 32.8. The lowest BCUT2D eigenvalue weighted by Crippen LogP contribution is -2.45. The van der Waals surface area contributed by atoms with Gasteiger partial charge < -0.3 is 14.8 Å². The lowest BCUT2D eigenvalue weighted by Gasteiger charge is -2.21. The Hall–Kier alpha value is -4.67. The van der Waals surface area contributed by atoms with Crippen molar-refractivity contribution in [1.29, 1.82) is 0 Å². The molecule has 0 radical (unpaired) electrons. The topological polar surface area (TPSA) is 158 Å². The number of carbonyl (C=O) groups excluding carboxylic acids is 2. The Bertz CT molecular complexity index is 1570. The van der Waals surface area contributed by atoms with E-state index in [2.05, 4.69) is 20.0 Å². The summed E-state index contributed by atoms with van der Waals surface area (Å²) in [4.78, 5) is 27.8. The normalized spacial score (nSPS) is 12.2. The number of nitrogens with zero attached hydrogens (tertiary/aromatic N) is 5. The summed E-state index contributed by atoms with van der Waals surface area (Å²) in [7, 11) is -4.45. The molecule has 0 saturated heterocycles. The van der Waals surface area contributed by atoms with E-state index in [0.717, 1.165) is 33.5 Å². The second-order valence-corrected chi connectivity index (χ2v) is 11.0. The predicted octanol–water partition coefficient (Wildman–Crippen LogP) is 4.10. The summed E-state index contributed by atoms with van der Waals surface area (Å²) >= 11 is 0. The number of aromatic nitrogens is 2. The first-order valence-corrected chi connectivity index (χ1v) is 14.2. The molecule has 1 amide bonds. The van der Waals surface area contributed by atoms with E-state index in [1.54, 1.807) is 31.2 Å². The SMILES string of the molecule is CCC(=O)OCO/N=[N+](\[O-])N(CC(=O)NS(=O)(=O)c1ccc(-n2nc(C(F)(F)F)cc2-c2ccc(C)cc2)cc1)C(C)C. The van der Waals surface area contributed by atoms with E-state index >= 15 is 0 Å². The van der Waals surface area contributed by atoms with Gasteiger partial charge in [0.15, 0.2) is 12.2 Å². The van der Waals surface area contributed by atoms with E-state index in [1.165, 1.54) is 26.0 Å². The highest BCUT2D eigenvalue weighted by molar-refractivity contribution is 7.90. The third-order valence-corrected chi connectivity index (χ3v) is 7.19. The molecule has 1 heterocycles. The zero-order valence-corrected chi connectivity index (χ0v) is 24.3. The molecule has 0 spiro atoms. The maximum Gasteiger partial charge on any atom is 0.435 e. The molecule has 0 saturated carbocycles. The molecule has 0 aliphatic carbocycles. The van der Waals surface area contributed by atoms with Crippen molar-refractivity contribution in [3.8, 4) is 16.9 Å². The van der Waals surface area contributed by atoms with Crippen LogP contribution in [-0.4, -0.2) is 59.4 Å². The highest BCUT2D eigenvalue weighted by Crippen LogP contribution is 2.33. The second kappa shape index (κ2) is 13.5. The van der Waals surface area contributed by atoms with E-state index in [9.17, 15) is 36.4 Å². The van der Waals surface area contributed by atoms with Gasteiger partial charge in [0.1, 0.15) is 0 Å². The highest BCUT2D eigenvalue weighted by Gasteiger charge is 2.35. The molecule has 232 valence electrons. The molecule has 1 N–H and O–H groups in total. The van der Waals surface area contributed by atoms with Crippen LogP contribution in [0.5, 0.6) is 0 Å². The van der Waals surface area contributed by atoms with Crippen LogP contribution in [-0.2, 0) is 35.4 Å². The van der Waals surface area contributed by atoms with Crippen LogP contribution in [0.15, 0.2) is 64.8 Å². The molecule has 3 rings (SSSR count). The average molecular weight is 627 g/mol. The Morgan fingerprint density at radius 2 is 1.77 bits per heavy atom. The van der Waals surface area contributed by atoms with Crippen LogP contribution in [0.1, 0.15) is 38.4 Å². The van der Waals surface area contributed by atoms with Gasteiger partial charge in [-0.3, -0.25) is 9.59 Å². The molecule has 43 heavy (non-hydrogen) atoms. The van der Waals surface area contributed by atoms with Gasteiger partial charge in [-0.05, 0) is 51.1 Å². The molecule has 2 aromatic carbocycles. The third-order valence-electron chi connectivity index (χ3n) is 5.80. The minimum atomic E-state index is -4.72. The van der Waals surface area contributed by atoms with Gasteiger partial charge >= 0.3 is 12.1 Å². The van der Waals surface area contributed by atoms with Crippen molar-refractivity contribution in [2.24, 2.45) is 5.28 Å². The summed E-state index contributed by atoms with van der Waals surface area (Å²) in [5.41, 5.74) is 0.493. The van der Waals surface area contributed by atoms with Crippen LogP contribution in [0.2, 0.25) is 0 Å². The van der Waals surface area contributed by atoms with Crippen molar-refractivity contribution in [3.63, 3.8) is 0 Å². The number of esters is 1. The number of sulfonamides is 1. The van der Waals surface area contributed by atoms with Gasteiger partial charge in [0.05, 0.1) is 27.3 Å². The molecular formula is C26H29F3N6O7S. The summed E-state index contributed by atoms with van der Waals surface area (Å²) in [6.07, 6.45) is -4.64. The Morgan fingerprint density at radius 1 is 1.14 bits per heavy atom. The molecule has 0 fully saturated rings. The van der Waals surface area contributed by atoms with Crippen molar-refractivity contribution in [2.75, 3.05) is 13.3 Å². The van der Waals surface area contributed by atoms with Crippen LogP contribution in [0.25, 0.3) is 16.9 Å². The predicted molar refractivity (Wildman–Crippen MR) is 144 cm³/mol. The van der Waals surface area contributed by atoms with Crippen molar-refractivity contribution in [1.82, 2.24) is 19.5 Å². The number of benzene rings is 2. The number of nitrogens with one attached hydrogen (secondary N) is 1. The van der Waals surface area contributed by atoms with E-state index < -0.39 is 53.1 Å². The van der Waals surface area contributed by atoms with E-state index in [-0.39, 0.29) is 27.7 Å². The van der Waals surface area contributed by atoms with Crippen molar-refractivity contribution < 1.29 is 45.7 Å². The fourth-order valence-corrected chi connectivity index (χ4v) is 4.53. The summed E-state index contributed by atoms with van der Waals surface area (Å²) in [6, 6.07) is 11.7. The van der Waals surface area contributed by atoms with Crippen LogP contribution >= 0.6 is 0 Å².